The monoisotopic (exact) mass is 546 g/mol. The normalized spacial score (nSPS) is 11.0. The van der Waals surface area contributed by atoms with Crippen LogP contribution >= 0.6 is 15.9 Å². The average molecular weight is 547 g/mol. The minimum absolute atomic E-state index is 0.311. The summed E-state index contributed by atoms with van der Waals surface area (Å²) in [6, 6.07) is 25.0. The zero-order valence-electron chi connectivity index (χ0n) is 20.2. The molecule has 4 rings (SSSR count). The number of hydrazone groups is 1. The van der Waals surface area contributed by atoms with E-state index in [1.54, 1.807) is 43.7 Å². The Labute approximate surface area is 219 Å². The molecule has 0 spiro atoms. The van der Waals surface area contributed by atoms with Crippen LogP contribution in [0.3, 0.4) is 0 Å². The molecular formula is C29H27BrN2O4. The van der Waals surface area contributed by atoms with Gasteiger partial charge in [0.1, 0.15) is 12.4 Å². The molecule has 0 atom stereocenters. The Morgan fingerprint density at radius 3 is 2.56 bits per heavy atom. The number of nitrogens with zero attached hydrogens (tertiary/aromatic N) is 1. The van der Waals surface area contributed by atoms with Crippen molar-refractivity contribution in [2.24, 2.45) is 5.10 Å². The van der Waals surface area contributed by atoms with Crippen LogP contribution in [-0.4, -0.2) is 25.8 Å². The molecule has 184 valence electrons. The molecule has 1 N–H and O–H groups in total. The van der Waals surface area contributed by atoms with Gasteiger partial charge in [0, 0.05) is 5.56 Å². The minimum Gasteiger partial charge on any atom is -0.494 e. The number of rotatable bonds is 10. The first-order valence-corrected chi connectivity index (χ1v) is 12.4. The molecule has 4 aromatic rings. The summed E-state index contributed by atoms with van der Waals surface area (Å²) in [6.45, 7) is 3.07. The lowest BCUT2D eigenvalue weighted by atomic mass is 10.1. The van der Waals surface area contributed by atoms with Gasteiger partial charge in [-0.2, -0.15) is 5.10 Å². The summed E-state index contributed by atoms with van der Waals surface area (Å²) in [4.78, 5) is 12.4. The fourth-order valence-corrected chi connectivity index (χ4v) is 4.25. The number of carbonyl (C=O) groups excluding carboxylic acids is 1. The van der Waals surface area contributed by atoms with Crippen molar-refractivity contribution in [2.45, 2.75) is 20.0 Å². The van der Waals surface area contributed by atoms with Gasteiger partial charge in [-0.15, -0.1) is 0 Å². The Hall–Kier alpha value is -3.84. The van der Waals surface area contributed by atoms with Gasteiger partial charge >= 0.3 is 0 Å². The number of fused-ring (bicyclic) bond motifs is 1. The van der Waals surface area contributed by atoms with Crippen molar-refractivity contribution in [3.8, 4) is 17.2 Å². The standard InChI is InChI=1S/C29H27BrN2O4/c1-3-15-35-24-13-11-22(12-14-24)29(33)32-31-18-20-16-26(30)28(27(17-20)34-2)36-19-23-9-6-8-21-7-4-5-10-25(21)23/h4-14,16-18H,3,15,19H2,1-2H3,(H,32,33)/b31-18+. The molecule has 0 radical (unpaired) electrons. The number of hydrogen-bond acceptors (Lipinski definition) is 5. The van der Waals surface area contributed by atoms with Gasteiger partial charge in [0.25, 0.3) is 5.91 Å². The summed E-state index contributed by atoms with van der Waals surface area (Å²) in [6.07, 6.45) is 2.48. The molecule has 0 saturated carbocycles. The van der Waals surface area contributed by atoms with E-state index in [-0.39, 0.29) is 5.91 Å². The van der Waals surface area contributed by atoms with E-state index < -0.39 is 0 Å². The molecule has 4 aromatic carbocycles. The van der Waals surface area contributed by atoms with Gasteiger partial charge in [-0.3, -0.25) is 4.79 Å². The van der Waals surface area contributed by atoms with Gasteiger partial charge in [-0.1, -0.05) is 49.4 Å². The number of methoxy groups -OCH3 is 1. The van der Waals surface area contributed by atoms with Crippen molar-refractivity contribution < 1.29 is 19.0 Å². The van der Waals surface area contributed by atoms with E-state index in [0.717, 1.165) is 33.2 Å². The smallest absolute Gasteiger partial charge is 0.271 e. The lowest BCUT2D eigenvalue weighted by Gasteiger charge is -2.14. The zero-order chi connectivity index (χ0) is 25.3. The van der Waals surface area contributed by atoms with Crippen LogP contribution in [0.25, 0.3) is 10.8 Å². The van der Waals surface area contributed by atoms with Crippen molar-refractivity contribution in [2.75, 3.05) is 13.7 Å². The lowest BCUT2D eigenvalue weighted by Crippen LogP contribution is -2.17. The van der Waals surface area contributed by atoms with E-state index in [2.05, 4.69) is 50.7 Å². The SMILES string of the molecule is CCCOc1ccc(C(=O)N/N=C/c2cc(Br)c(OCc3cccc4ccccc34)c(OC)c2)cc1. The maximum atomic E-state index is 12.4. The number of amides is 1. The van der Waals surface area contributed by atoms with Crippen LogP contribution in [0.4, 0.5) is 0 Å². The van der Waals surface area contributed by atoms with Gasteiger partial charge in [0.2, 0.25) is 0 Å². The van der Waals surface area contributed by atoms with E-state index in [0.29, 0.717) is 30.3 Å². The van der Waals surface area contributed by atoms with Gasteiger partial charge in [0.05, 0.1) is 24.4 Å². The highest BCUT2D eigenvalue weighted by Crippen LogP contribution is 2.37. The number of benzene rings is 4. The number of ether oxygens (including phenoxy) is 3. The van der Waals surface area contributed by atoms with Crippen LogP contribution < -0.4 is 19.6 Å². The first-order chi connectivity index (χ1) is 17.6. The summed E-state index contributed by atoms with van der Waals surface area (Å²) >= 11 is 3.58. The van der Waals surface area contributed by atoms with Crippen LogP contribution in [0.5, 0.6) is 17.2 Å². The topological polar surface area (TPSA) is 69.2 Å². The first-order valence-electron chi connectivity index (χ1n) is 11.6. The Morgan fingerprint density at radius 2 is 1.78 bits per heavy atom. The molecule has 0 saturated heterocycles. The summed E-state index contributed by atoms with van der Waals surface area (Å²) in [7, 11) is 1.59. The van der Waals surface area contributed by atoms with Gasteiger partial charge in [-0.25, -0.2) is 5.43 Å². The number of nitrogens with one attached hydrogen (secondary N) is 1. The highest BCUT2D eigenvalue weighted by molar-refractivity contribution is 9.10. The summed E-state index contributed by atoms with van der Waals surface area (Å²) in [5, 5.41) is 6.41. The number of hydrogen-bond donors (Lipinski definition) is 1. The summed E-state index contributed by atoms with van der Waals surface area (Å²) in [5.74, 6) is 1.57. The summed E-state index contributed by atoms with van der Waals surface area (Å²) < 4.78 is 18.0. The second-order valence-corrected chi connectivity index (χ2v) is 8.89. The minimum atomic E-state index is -0.311. The fraction of sp³-hybridized carbons (Fsp3) is 0.172. The third-order valence-corrected chi connectivity index (χ3v) is 6.06. The molecular weight excluding hydrogens is 520 g/mol. The van der Waals surface area contributed by atoms with E-state index in [1.807, 2.05) is 31.2 Å². The Morgan fingerprint density at radius 1 is 1.00 bits per heavy atom. The molecule has 0 aliphatic rings. The van der Waals surface area contributed by atoms with Gasteiger partial charge in [0.15, 0.2) is 11.5 Å². The molecule has 0 unspecified atom stereocenters. The molecule has 36 heavy (non-hydrogen) atoms. The predicted molar refractivity (Wildman–Crippen MR) is 146 cm³/mol. The maximum Gasteiger partial charge on any atom is 0.271 e. The van der Waals surface area contributed by atoms with E-state index in [4.69, 9.17) is 14.2 Å². The fourth-order valence-electron chi connectivity index (χ4n) is 3.68. The van der Waals surface area contributed by atoms with Crippen molar-refractivity contribution in [1.29, 1.82) is 0 Å². The Bertz CT molecular complexity index is 1360. The lowest BCUT2D eigenvalue weighted by molar-refractivity contribution is 0.0955. The quantitative estimate of drug-likeness (QED) is 0.176. The largest absolute Gasteiger partial charge is 0.494 e. The second-order valence-electron chi connectivity index (χ2n) is 8.03. The van der Waals surface area contributed by atoms with E-state index in [1.165, 1.54) is 5.39 Å². The van der Waals surface area contributed by atoms with Crippen LogP contribution in [0.1, 0.15) is 34.8 Å². The molecule has 0 fully saturated rings. The molecule has 1 amide bonds. The second kappa shape index (κ2) is 12.2. The van der Waals surface area contributed by atoms with Crippen LogP contribution in [0, 0.1) is 0 Å². The Kier molecular flexibility index (Phi) is 8.57. The number of halogens is 1. The summed E-state index contributed by atoms with van der Waals surface area (Å²) in [5.41, 5.74) is 4.86. The molecule has 7 heteroatoms. The first kappa shape index (κ1) is 25.3. The molecule has 0 heterocycles. The van der Waals surface area contributed by atoms with Crippen LogP contribution in [-0.2, 0) is 6.61 Å². The zero-order valence-corrected chi connectivity index (χ0v) is 21.7. The van der Waals surface area contributed by atoms with Crippen molar-refractivity contribution in [3.05, 3.63) is 100 Å². The number of carbonyl (C=O) groups is 1. The van der Waals surface area contributed by atoms with Gasteiger partial charge in [-0.05, 0) is 80.6 Å². The third-order valence-electron chi connectivity index (χ3n) is 5.47. The maximum absolute atomic E-state index is 12.4. The van der Waals surface area contributed by atoms with Crippen LogP contribution in [0.2, 0.25) is 0 Å². The predicted octanol–water partition coefficient (Wildman–Crippen LogP) is 6.74. The average Bonchev–Trinajstić information content (AvgIpc) is 2.91. The van der Waals surface area contributed by atoms with E-state index >= 15 is 0 Å². The molecule has 0 aromatic heterocycles. The highest BCUT2D eigenvalue weighted by atomic mass is 79.9. The molecule has 6 nitrogen and oxygen atoms in total. The van der Waals surface area contributed by atoms with Crippen LogP contribution in [0.15, 0.2) is 88.4 Å². The molecule has 0 aliphatic heterocycles. The van der Waals surface area contributed by atoms with Crippen molar-refractivity contribution >= 4 is 38.8 Å². The van der Waals surface area contributed by atoms with Gasteiger partial charge < -0.3 is 14.2 Å². The molecule has 0 bridgehead atoms. The van der Waals surface area contributed by atoms with Crippen molar-refractivity contribution in [1.82, 2.24) is 5.43 Å². The van der Waals surface area contributed by atoms with Crippen molar-refractivity contribution in [3.63, 3.8) is 0 Å². The van der Waals surface area contributed by atoms with E-state index in [9.17, 15) is 4.79 Å². The Balaban J connectivity index is 1.42. The highest BCUT2D eigenvalue weighted by Gasteiger charge is 2.13. The third kappa shape index (κ3) is 6.23. The molecule has 0 aliphatic carbocycles.